The molecule has 1 aromatic carbocycles. The first-order chi connectivity index (χ1) is 9.74. The number of hydrogen-bond donors (Lipinski definition) is 1. The molecule has 0 unspecified atom stereocenters. The predicted molar refractivity (Wildman–Crippen MR) is 85.3 cm³/mol. The Morgan fingerprint density at radius 3 is 2.65 bits per heavy atom. The van der Waals surface area contributed by atoms with Crippen molar-refractivity contribution >= 4 is 11.4 Å². The zero-order valence-electron chi connectivity index (χ0n) is 12.5. The van der Waals surface area contributed by atoms with Crippen LogP contribution in [-0.4, -0.2) is 62.7 Å². The van der Waals surface area contributed by atoms with Gasteiger partial charge >= 0.3 is 0 Å². The van der Waals surface area contributed by atoms with Crippen molar-refractivity contribution in [2.24, 2.45) is 0 Å². The molecule has 3 rings (SSSR count). The highest BCUT2D eigenvalue weighted by molar-refractivity contribution is 5.66. The number of rotatable bonds is 3. The predicted octanol–water partition coefficient (Wildman–Crippen LogP) is 1.27. The molecule has 0 atom stereocenters. The third kappa shape index (κ3) is 2.91. The van der Waals surface area contributed by atoms with Crippen LogP contribution in [0.2, 0.25) is 0 Å². The highest BCUT2D eigenvalue weighted by Crippen LogP contribution is 2.30. The molecule has 2 aliphatic rings. The molecule has 4 nitrogen and oxygen atoms in total. The molecule has 20 heavy (non-hydrogen) atoms. The lowest BCUT2D eigenvalue weighted by atomic mass is 10.00. The van der Waals surface area contributed by atoms with Crippen molar-refractivity contribution in [2.45, 2.75) is 12.8 Å². The average Bonchev–Trinajstić information content (AvgIpc) is 2.47. The van der Waals surface area contributed by atoms with Gasteiger partial charge in [0.1, 0.15) is 0 Å². The van der Waals surface area contributed by atoms with Crippen LogP contribution < -0.4 is 10.6 Å². The number of piperazine rings is 1. The van der Waals surface area contributed by atoms with Gasteiger partial charge in [-0.25, -0.2) is 0 Å². The van der Waals surface area contributed by atoms with Gasteiger partial charge in [-0.15, -0.1) is 0 Å². The zero-order chi connectivity index (χ0) is 13.9. The Hall–Kier alpha value is -1.26. The summed E-state index contributed by atoms with van der Waals surface area (Å²) in [5.41, 5.74) is 9.80. The van der Waals surface area contributed by atoms with Crippen LogP contribution >= 0.6 is 0 Å². The van der Waals surface area contributed by atoms with Crippen LogP contribution in [0.3, 0.4) is 0 Å². The molecule has 0 saturated carbocycles. The molecule has 0 aromatic heterocycles. The minimum atomic E-state index is 0.965. The minimum Gasteiger partial charge on any atom is -0.398 e. The zero-order valence-corrected chi connectivity index (χ0v) is 12.5. The highest BCUT2D eigenvalue weighted by Gasteiger charge is 2.20. The van der Waals surface area contributed by atoms with Crippen LogP contribution in [0.15, 0.2) is 18.2 Å². The highest BCUT2D eigenvalue weighted by atomic mass is 15.3. The fourth-order valence-corrected chi connectivity index (χ4v) is 3.29. The number of benzene rings is 1. The number of nitrogens with zero attached hydrogens (tertiary/aromatic N) is 3. The molecule has 1 aromatic rings. The quantitative estimate of drug-likeness (QED) is 0.842. The van der Waals surface area contributed by atoms with Crippen molar-refractivity contribution in [1.29, 1.82) is 0 Å². The third-order valence-electron chi connectivity index (χ3n) is 4.67. The second-order valence-electron chi connectivity index (χ2n) is 6.08. The Bertz CT molecular complexity index is 452. The van der Waals surface area contributed by atoms with Gasteiger partial charge in [0.15, 0.2) is 0 Å². The molecule has 2 heterocycles. The summed E-state index contributed by atoms with van der Waals surface area (Å²) in [6.07, 6.45) is 2.36. The molecule has 1 saturated heterocycles. The Morgan fingerprint density at radius 1 is 1.05 bits per heavy atom. The standard InChI is InChI=1S/C16H26N4/c1-18-8-10-19(11-9-18)12-13-20-7-3-4-14-15(17)5-2-6-16(14)20/h2,5-6H,3-4,7-13,17H2,1H3. The molecule has 110 valence electrons. The van der Waals surface area contributed by atoms with Gasteiger partial charge in [-0.2, -0.15) is 0 Å². The number of nitrogens with two attached hydrogens (primary N) is 1. The van der Waals surface area contributed by atoms with E-state index in [2.05, 4.69) is 33.9 Å². The second kappa shape index (κ2) is 6.02. The van der Waals surface area contributed by atoms with Crippen LogP contribution in [-0.2, 0) is 6.42 Å². The van der Waals surface area contributed by atoms with Gasteiger partial charge in [-0.05, 0) is 37.6 Å². The fourth-order valence-electron chi connectivity index (χ4n) is 3.29. The largest absolute Gasteiger partial charge is 0.398 e. The lowest BCUT2D eigenvalue weighted by Gasteiger charge is -2.36. The molecule has 4 heteroatoms. The molecule has 0 amide bonds. The maximum Gasteiger partial charge on any atom is 0.0419 e. The molecular formula is C16H26N4. The van der Waals surface area contributed by atoms with Crippen molar-refractivity contribution in [3.05, 3.63) is 23.8 Å². The summed E-state index contributed by atoms with van der Waals surface area (Å²) in [6, 6.07) is 6.35. The van der Waals surface area contributed by atoms with Gasteiger partial charge in [0.05, 0.1) is 0 Å². The van der Waals surface area contributed by atoms with Crippen LogP contribution in [0.1, 0.15) is 12.0 Å². The second-order valence-corrected chi connectivity index (χ2v) is 6.08. The maximum absolute atomic E-state index is 6.12. The molecular weight excluding hydrogens is 248 g/mol. The van der Waals surface area contributed by atoms with Gasteiger partial charge < -0.3 is 15.5 Å². The van der Waals surface area contributed by atoms with E-state index in [1.54, 1.807) is 0 Å². The smallest absolute Gasteiger partial charge is 0.0419 e. The Kier molecular flexibility index (Phi) is 4.13. The lowest BCUT2D eigenvalue weighted by molar-refractivity contribution is 0.156. The maximum atomic E-state index is 6.12. The summed E-state index contributed by atoms with van der Waals surface area (Å²) in [4.78, 5) is 7.52. The summed E-state index contributed by atoms with van der Waals surface area (Å²) in [7, 11) is 2.21. The van der Waals surface area contributed by atoms with E-state index < -0.39 is 0 Å². The van der Waals surface area contributed by atoms with Crippen LogP contribution in [0.5, 0.6) is 0 Å². The van der Waals surface area contributed by atoms with Crippen molar-refractivity contribution in [1.82, 2.24) is 9.80 Å². The van der Waals surface area contributed by atoms with E-state index in [-0.39, 0.29) is 0 Å². The summed E-state index contributed by atoms with van der Waals surface area (Å²) >= 11 is 0. The monoisotopic (exact) mass is 274 g/mol. The van der Waals surface area contributed by atoms with Gasteiger partial charge in [-0.3, -0.25) is 4.90 Å². The molecule has 0 bridgehead atoms. The molecule has 2 N–H and O–H groups in total. The minimum absolute atomic E-state index is 0.965. The van der Waals surface area contributed by atoms with Crippen LogP contribution in [0.25, 0.3) is 0 Å². The number of likely N-dealkylation sites (N-methyl/N-ethyl adjacent to an activating group) is 1. The first-order valence-corrected chi connectivity index (χ1v) is 7.77. The number of anilines is 2. The van der Waals surface area contributed by atoms with Gasteiger partial charge in [0.25, 0.3) is 0 Å². The van der Waals surface area contributed by atoms with Gasteiger partial charge in [-0.1, -0.05) is 6.07 Å². The molecule has 0 spiro atoms. The first-order valence-electron chi connectivity index (χ1n) is 7.77. The Balaban J connectivity index is 1.61. The van der Waals surface area contributed by atoms with E-state index >= 15 is 0 Å². The van der Waals surface area contributed by atoms with E-state index in [1.165, 1.54) is 56.9 Å². The van der Waals surface area contributed by atoms with Crippen molar-refractivity contribution in [2.75, 3.05) is 63.5 Å². The van der Waals surface area contributed by atoms with Crippen molar-refractivity contribution in [3.8, 4) is 0 Å². The average molecular weight is 274 g/mol. The summed E-state index contributed by atoms with van der Waals surface area (Å²) in [5.74, 6) is 0. The van der Waals surface area contributed by atoms with Crippen LogP contribution in [0, 0.1) is 0 Å². The normalized spacial score (nSPS) is 20.9. The summed E-state index contributed by atoms with van der Waals surface area (Å²) in [6.45, 7) is 8.27. The van der Waals surface area contributed by atoms with Gasteiger partial charge in [0, 0.05) is 57.2 Å². The van der Waals surface area contributed by atoms with E-state index in [1.807, 2.05) is 6.07 Å². The van der Waals surface area contributed by atoms with Gasteiger partial charge in [0.2, 0.25) is 0 Å². The van der Waals surface area contributed by atoms with Crippen molar-refractivity contribution in [3.63, 3.8) is 0 Å². The Labute approximate surface area is 122 Å². The molecule has 2 aliphatic heterocycles. The van der Waals surface area contributed by atoms with E-state index in [4.69, 9.17) is 5.73 Å². The van der Waals surface area contributed by atoms with Crippen molar-refractivity contribution < 1.29 is 0 Å². The topological polar surface area (TPSA) is 35.7 Å². The molecule has 0 aliphatic carbocycles. The molecule has 1 fully saturated rings. The van der Waals surface area contributed by atoms with E-state index in [9.17, 15) is 0 Å². The summed E-state index contributed by atoms with van der Waals surface area (Å²) in [5, 5.41) is 0. The fraction of sp³-hybridized carbons (Fsp3) is 0.625. The van der Waals surface area contributed by atoms with Crippen LogP contribution in [0.4, 0.5) is 11.4 Å². The Morgan fingerprint density at radius 2 is 1.85 bits per heavy atom. The lowest BCUT2D eigenvalue weighted by Crippen LogP contribution is -2.47. The van der Waals surface area contributed by atoms with E-state index in [0.717, 1.165) is 18.7 Å². The summed E-state index contributed by atoms with van der Waals surface area (Å²) < 4.78 is 0. The number of hydrogen-bond acceptors (Lipinski definition) is 4. The van der Waals surface area contributed by atoms with E-state index in [0.29, 0.717) is 0 Å². The number of fused-ring (bicyclic) bond motifs is 1. The third-order valence-corrected chi connectivity index (χ3v) is 4.67. The number of nitrogen functional groups attached to an aromatic ring is 1. The molecule has 0 radical (unpaired) electrons. The first kappa shape index (κ1) is 13.7. The SMILES string of the molecule is CN1CCN(CCN2CCCc3c(N)cccc32)CC1.